The minimum absolute atomic E-state index is 0. The van der Waals surface area contributed by atoms with E-state index in [2.05, 4.69) is 5.32 Å². The number of carbonyl (C=O) groups is 1. The van der Waals surface area contributed by atoms with Gasteiger partial charge in [0.15, 0.2) is 9.84 Å². The number of benzene rings is 1. The fourth-order valence-electron chi connectivity index (χ4n) is 2.47. The molecule has 0 aromatic heterocycles. The number of amides is 1. The summed E-state index contributed by atoms with van der Waals surface area (Å²) in [7, 11) is -3.21. The predicted octanol–water partition coefficient (Wildman–Crippen LogP) is 1.20. The van der Waals surface area contributed by atoms with Crippen LogP contribution in [0.4, 0.5) is 0 Å². The number of halogens is 1. The van der Waals surface area contributed by atoms with Gasteiger partial charge in [-0.15, -0.1) is 12.4 Å². The molecule has 3 atom stereocenters. The fraction of sp³-hybridized carbons (Fsp3) is 0.533. The highest BCUT2D eigenvalue weighted by molar-refractivity contribution is 7.90. The molecule has 1 aliphatic heterocycles. The lowest BCUT2D eigenvalue weighted by Gasteiger charge is -2.18. The molecule has 1 aromatic carbocycles. The number of rotatable bonds is 5. The largest absolute Gasteiger partial charge is 0.364 e. The molecule has 3 N–H and O–H groups in total. The van der Waals surface area contributed by atoms with Crippen LogP contribution in [0.5, 0.6) is 0 Å². The van der Waals surface area contributed by atoms with Gasteiger partial charge in [0.1, 0.15) is 6.10 Å². The van der Waals surface area contributed by atoms with E-state index in [4.69, 9.17) is 10.5 Å². The Kier molecular flexibility index (Phi) is 7.01. The molecule has 0 saturated carbocycles. The third kappa shape index (κ3) is 5.17. The van der Waals surface area contributed by atoms with Crippen molar-refractivity contribution in [3.63, 3.8) is 0 Å². The highest BCUT2D eigenvalue weighted by Crippen LogP contribution is 2.21. The summed E-state index contributed by atoms with van der Waals surface area (Å²) in [6, 6.07) is 6.29. The summed E-state index contributed by atoms with van der Waals surface area (Å²) in [4.78, 5) is 12.4. The van der Waals surface area contributed by atoms with Crippen LogP contribution in [0.1, 0.15) is 31.4 Å². The van der Waals surface area contributed by atoms with Crippen LogP contribution in [-0.4, -0.2) is 39.3 Å². The summed E-state index contributed by atoms with van der Waals surface area (Å²) in [5.41, 5.74) is 6.37. The number of nitrogens with one attached hydrogen (secondary N) is 1. The van der Waals surface area contributed by atoms with E-state index in [1.165, 1.54) is 6.26 Å². The van der Waals surface area contributed by atoms with Gasteiger partial charge in [0.05, 0.1) is 17.0 Å². The molecule has 1 saturated heterocycles. The van der Waals surface area contributed by atoms with Crippen LogP contribution in [0.15, 0.2) is 29.2 Å². The molecular weight excluding hydrogens is 340 g/mol. The molecular formula is C15H23ClN2O4S. The van der Waals surface area contributed by atoms with E-state index in [0.29, 0.717) is 13.0 Å². The maximum Gasteiger partial charge on any atom is 0.249 e. The van der Waals surface area contributed by atoms with E-state index in [0.717, 1.165) is 12.0 Å². The number of hydrogen-bond donors (Lipinski definition) is 2. The first-order chi connectivity index (χ1) is 10.3. The van der Waals surface area contributed by atoms with Crippen LogP contribution in [0, 0.1) is 0 Å². The summed E-state index contributed by atoms with van der Waals surface area (Å²) < 4.78 is 28.4. The third-order valence-corrected chi connectivity index (χ3v) is 4.96. The van der Waals surface area contributed by atoms with E-state index in [-0.39, 0.29) is 35.4 Å². The van der Waals surface area contributed by atoms with Crippen LogP contribution < -0.4 is 11.1 Å². The van der Waals surface area contributed by atoms with Gasteiger partial charge in [-0.1, -0.05) is 12.1 Å². The minimum atomic E-state index is -3.21. The highest BCUT2D eigenvalue weighted by Gasteiger charge is 2.30. The maximum atomic E-state index is 12.1. The van der Waals surface area contributed by atoms with Crippen molar-refractivity contribution in [3.05, 3.63) is 29.8 Å². The van der Waals surface area contributed by atoms with Crippen LogP contribution in [-0.2, 0) is 19.4 Å². The molecule has 0 aliphatic carbocycles. The fourth-order valence-corrected chi connectivity index (χ4v) is 3.10. The van der Waals surface area contributed by atoms with Crippen LogP contribution in [0.3, 0.4) is 0 Å². The monoisotopic (exact) mass is 362 g/mol. The lowest BCUT2D eigenvalue weighted by Crippen LogP contribution is -2.37. The van der Waals surface area contributed by atoms with E-state index < -0.39 is 15.9 Å². The Balaban J connectivity index is 0.00000264. The molecule has 2 rings (SSSR count). The first-order valence-electron chi connectivity index (χ1n) is 7.27. The summed E-state index contributed by atoms with van der Waals surface area (Å²) in [5, 5.41) is 2.89. The number of hydrogen-bond acceptors (Lipinski definition) is 5. The minimum Gasteiger partial charge on any atom is -0.364 e. The van der Waals surface area contributed by atoms with Crippen LogP contribution in [0.2, 0.25) is 0 Å². The smallest absolute Gasteiger partial charge is 0.249 e. The average molecular weight is 363 g/mol. The van der Waals surface area contributed by atoms with E-state index in [1.54, 1.807) is 24.3 Å². The van der Waals surface area contributed by atoms with E-state index >= 15 is 0 Å². The van der Waals surface area contributed by atoms with Crippen molar-refractivity contribution in [2.75, 3.05) is 12.8 Å². The zero-order valence-corrected chi connectivity index (χ0v) is 14.8. The predicted molar refractivity (Wildman–Crippen MR) is 90.3 cm³/mol. The SMILES string of the molecule is CC(NC(=O)[C@@H]1CC[C@H](CN)O1)c1ccc(S(C)(=O)=O)cc1.Cl. The topological polar surface area (TPSA) is 98.5 Å². The van der Waals surface area contributed by atoms with E-state index in [1.807, 2.05) is 6.92 Å². The molecule has 1 aromatic rings. The first kappa shape index (κ1) is 19.9. The standard InChI is InChI=1S/C15H22N2O4S.ClH/c1-10(11-3-6-13(7-4-11)22(2,19)20)17-15(18)14-8-5-12(9-16)21-14;/h3-4,6-7,10,12,14H,5,8-9,16H2,1-2H3,(H,17,18);1H/t10?,12-,14+;/m1./s1. The second-order valence-corrected chi connectivity index (χ2v) is 7.65. The Morgan fingerprint density at radius 3 is 2.43 bits per heavy atom. The molecule has 0 radical (unpaired) electrons. The molecule has 0 bridgehead atoms. The van der Waals surface area contributed by atoms with Gasteiger partial charge in [0.25, 0.3) is 0 Å². The van der Waals surface area contributed by atoms with Gasteiger partial charge < -0.3 is 15.8 Å². The number of carbonyl (C=O) groups excluding carboxylic acids is 1. The summed E-state index contributed by atoms with van der Waals surface area (Å²) >= 11 is 0. The summed E-state index contributed by atoms with van der Waals surface area (Å²) in [6.07, 6.45) is 2.14. The van der Waals surface area contributed by atoms with E-state index in [9.17, 15) is 13.2 Å². The van der Waals surface area contributed by atoms with Gasteiger partial charge in [-0.3, -0.25) is 4.79 Å². The molecule has 0 spiro atoms. The molecule has 8 heteroatoms. The Labute approximate surface area is 143 Å². The normalized spacial score (nSPS) is 22.2. The lowest BCUT2D eigenvalue weighted by molar-refractivity contribution is -0.132. The Morgan fingerprint density at radius 1 is 1.35 bits per heavy atom. The van der Waals surface area contributed by atoms with Crippen molar-refractivity contribution in [3.8, 4) is 0 Å². The van der Waals surface area contributed by atoms with Gasteiger partial charge in [-0.2, -0.15) is 0 Å². The van der Waals surface area contributed by atoms with Gasteiger partial charge in [-0.25, -0.2) is 8.42 Å². The van der Waals surface area contributed by atoms with Crippen molar-refractivity contribution < 1.29 is 17.9 Å². The van der Waals surface area contributed by atoms with Crippen LogP contribution >= 0.6 is 12.4 Å². The first-order valence-corrected chi connectivity index (χ1v) is 9.16. The van der Waals surface area contributed by atoms with Gasteiger partial charge >= 0.3 is 0 Å². The molecule has 1 aliphatic rings. The number of ether oxygens (including phenoxy) is 1. The Hall–Kier alpha value is -1.15. The van der Waals surface area contributed by atoms with Gasteiger partial charge in [0.2, 0.25) is 5.91 Å². The number of sulfone groups is 1. The van der Waals surface area contributed by atoms with Crippen molar-refractivity contribution in [1.29, 1.82) is 0 Å². The molecule has 23 heavy (non-hydrogen) atoms. The van der Waals surface area contributed by atoms with Crippen molar-refractivity contribution >= 4 is 28.2 Å². The quantitative estimate of drug-likeness (QED) is 0.819. The van der Waals surface area contributed by atoms with Gasteiger partial charge in [-0.05, 0) is 37.5 Å². The maximum absolute atomic E-state index is 12.1. The molecule has 1 amide bonds. The summed E-state index contributed by atoms with van der Waals surface area (Å²) in [6.45, 7) is 2.27. The molecule has 6 nitrogen and oxygen atoms in total. The van der Waals surface area contributed by atoms with Crippen molar-refractivity contribution in [2.24, 2.45) is 5.73 Å². The van der Waals surface area contributed by atoms with Crippen molar-refractivity contribution in [2.45, 2.75) is 42.9 Å². The van der Waals surface area contributed by atoms with Crippen molar-refractivity contribution in [1.82, 2.24) is 5.32 Å². The zero-order chi connectivity index (χ0) is 16.3. The summed E-state index contributed by atoms with van der Waals surface area (Å²) in [5.74, 6) is -0.157. The Morgan fingerprint density at radius 2 is 1.96 bits per heavy atom. The molecule has 1 unspecified atom stereocenters. The zero-order valence-electron chi connectivity index (χ0n) is 13.2. The average Bonchev–Trinajstić information content (AvgIpc) is 2.95. The second-order valence-electron chi connectivity index (χ2n) is 5.63. The lowest BCUT2D eigenvalue weighted by atomic mass is 10.1. The third-order valence-electron chi connectivity index (χ3n) is 3.83. The number of nitrogens with two attached hydrogens (primary N) is 1. The molecule has 1 heterocycles. The Bertz CT molecular complexity index is 633. The van der Waals surface area contributed by atoms with Gasteiger partial charge in [0, 0.05) is 12.8 Å². The molecule has 1 fully saturated rings. The second kappa shape index (κ2) is 8.10. The van der Waals surface area contributed by atoms with Crippen LogP contribution in [0.25, 0.3) is 0 Å². The highest BCUT2D eigenvalue weighted by atomic mass is 35.5. The molecule has 130 valence electrons.